The van der Waals surface area contributed by atoms with Crippen LogP contribution >= 0.6 is 0 Å². The van der Waals surface area contributed by atoms with Gasteiger partial charge in [-0.3, -0.25) is 0 Å². The molecule has 1 aromatic rings. The summed E-state index contributed by atoms with van der Waals surface area (Å²) in [6, 6.07) is 4.79. The number of nitrogens with two attached hydrogens (primary N) is 1. The van der Waals surface area contributed by atoms with Crippen LogP contribution in [0.3, 0.4) is 0 Å². The van der Waals surface area contributed by atoms with E-state index in [9.17, 15) is 8.42 Å². The fraction of sp³-hybridized carbons (Fsp3) is 0.600. The SMILES string of the molecule is CCCOc1ccc(C(N)CS(C)(=O)=O)cc1OCCC. The van der Waals surface area contributed by atoms with Gasteiger partial charge in [0, 0.05) is 12.3 Å². The normalized spacial score (nSPS) is 13.0. The third kappa shape index (κ3) is 6.35. The van der Waals surface area contributed by atoms with Crippen molar-refractivity contribution in [3.05, 3.63) is 23.8 Å². The van der Waals surface area contributed by atoms with Crippen LogP contribution in [0.25, 0.3) is 0 Å². The predicted octanol–water partition coefficient (Wildman–Crippen LogP) is 2.31. The molecule has 1 unspecified atom stereocenters. The van der Waals surface area contributed by atoms with Crippen LogP contribution in [0.2, 0.25) is 0 Å². The highest BCUT2D eigenvalue weighted by Crippen LogP contribution is 2.30. The average Bonchev–Trinajstić information content (AvgIpc) is 2.41. The highest BCUT2D eigenvalue weighted by molar-refractivity contribution is 7.90. The molecule has 0 radical (unpaired) electrons. The van der Waals surface area contributed by atoms with Crippen molar-refractivity contribution in [2.24, 2.45) is 5.73 Å². The maximum absolute atomic E-state index is 11.3. The Balaban J connectivity index is 2.96. The highest BCUT2D eigenvalue weighted by Gasteiger charge is 2.16. The summed E-state index contributed by atoms with van der Waals surface area (Å²) in [6.07, 6.45) is 2.97. The lowest BCUT2D eigenvalue weighted by Crippen LogP contribution is -2.21. The molecule has 120 valence electrons. The molecule has 0 spiro atoms. The van der Waals surface area contributed by atoms with Gasteiger partial charge in [-0.15, -0.1) is 0 Å². The summed E-state index contributed by atoms with van der Waals surface area (Å²) in [7, 11) is -3.12. The van der Waals surface area contributed by atoms with Gasteiger partial charge >= 0.3 is 0 Å². The summed E-state index contributed by atoms with van der Waals surface area (Å²) >= 11 is 0. The molecule has 5 nitrogen and oxygen atoms in total. The van der Waals surface area contributed by atoms with Crippen LogP contribution in [0.4, 0.5) is 0 Å². The summed E-state index contributed by atoms with van der Waals surface area (Å²) in [5.41, 5.74) is 6.69. The topological polar surface area (TPSA) is 78.6 Å². The number of hydrogen-bond donors (Lipinski definition) is 1. The molecular formula is C15H25NO4S. The van der Waals surface area contributed by atoms with Gasteiger partial charge < -0.3 is 15.2 Å². The zero-order valence-corrected chi connectivity index (χ0v) is 13.8. The average molecular weight is 315 g/mol. The maximum atomic E-state index is 11.3. The Labute approximate surface area is 127 Å². The second-order valence-electron chi connectivity index (χ2n) is 5.10. The van der Waals surface area contributed by atoms with Crippen LogP contribution in [-0.2, 0) is 9.84 Å². The maximum Gasteiger partial charge on any atom is 0.161 e. The second-order valence-corrected chi connectivity index (χ2v) is 7.29. The molecule has 0 saturated carbocycles. The third-order valence-corrected chi connectivity index (χ3v) is 3.77. The Morgan fingerprint density at radius 3 is 2.19 bits per heavy atom. The molecule has 1 rings (SSSR count). The van der Waals surface area contributed by atoms with Gasteiger partial charge in [0.05, 0.1) is 19.0 Å². The first kappa shape index (κ1) is 17.8. The molecule has 0 fully saturated rings. The zero-order chi connectivity index (χ0) is 15.9. The number of sulfone groups is 1. The molecule has 2 N–H and O–H groups in total. The molecule has 21 heavy (non-hydrogen) atoms. The lowest BCUT2D eigenvalue weighted by atomic mass is 10.1. The summed E-state index contributed by atoms with van der Waals surface area (Å²) in [5.74, 6) is 1.20. The fourth-order valence-electron chi connectivity index (χ4n) is 1.83. The van der Waals surface area contributed by atoms with E-state index in [0.29, 0.717) is 24.7 Å². The summed E-state index contributed by atoms with van der Waals surface area (Å²) < 4.78 is 34.0. The van der Waals surface area contributed by atoms with E-state index in [1.54, 1.807) is 18.2 Å². The van der Waals surface area contributed by atoms with Gasteiger partial charge in [0.15, 0.2) is 11.5 Å². The van der Waals surface area contributed by atoms with Gasteiger partial charge in [-0.2, -0.15) is 0 Å². The van der Waals surface area contributed by atoms with Crippen LogP contribution < -0.4 is 15.2 Å². The Kier molecular flexibility index (Phi) is 6.98. The minimum absolute atomic E-state index is 0.0879. The van der Waals surface area contributed by atoms with Gasteiger partial charge in [-0.05, 0) is 30.5 Å². The highest BCUT2D eigenvalue weighted by atomic mass is 32.2. The van der Waals surface area contributed by atoms with Gasteiger partial charge in [-0.25, -0.2) is 8.42 Å². The van der Waals surface area contributed by atoms with Crippen LogP contribution in [-0.4, -0.2) is 33.6 Å². The minimum atomic E-state index is -3.12. The lowest BCUT2D eigenvalue weighted by molar-refractivity contribution is 0.268. The number of hydrogen-bond acceptors (Lipinski definition) is 5. The molecule has 0 aliphatic heterocycles. The standard InChI is InChI=1S/C15H25NO4S/c1-4-8-19-14-7-6-12(10-15(14)20-9-5-2)13(16)11-21(3,17)18/h6-7,10,13H,4-5,8-9,11,16H2,1-3H3. The smallest absolute Gasteiger partial charge is 0.161 e. The summed E-state index contributed by atoms with van der Waals surface area (Å²) in [6.45, 7) is 5.24. The van der Waals surface area contributed by atoms with Crippen molar-refractivity contribution < 1.29 is 17.9 Å². The Hall–Kier alpha value is -1.27. The molecule has 1 aromatic carbocycles. The van der Waals surface area contributed by atoms with Crippen LogP contribution in [0.1, 0.15) is 38.3 Å². The van der Waals surface area contributed by atoms with Gasteiger partial charge in [0.25, 0.3) is 0 Å². The molecule has 0 aliphatic rings. The predicted molar refractivity (Wildman–Crippen MR) is 84.7 cm³/mol. The van der Waals surface area contributed by atoms with E-state index >= 15 is 0 Å². The van der Waals surface area contributed by atoms with Crippen molar-refractivity contribution >= 4 is 9.84 Å². The van der Waals surface area contributed by atoms with Gasteiger partial charge in [0.1, 0.15) is 9.84 Å². The Morgan fingerprint density at radius 1 is 1.10 bits per heavy atom. The van der Waals surface area contributed by atoms with Crippen molar-refractivity contribution in [3.8, 4) is 11.5 Å². The zero-order valence-electron chi connectivity index (χ0n) is 13.0. The first-order valence-corrected chi connectivity index (χ1v) is 9.26. The van der Waals surface area contributed by atoms with Crippen LogP contribution in [0.15, 0.2) is 18.2 Å². The summed E-state index contributed by atoms with van der Waals surface area (Å²) in [5, 5.41) is 0. The molecule has 1 atom stereocenters. The molecule has 0 heterocycles. The third-order valence-electron chi connectivity index (χ3n) is 2.80. The van der Waals surface area contributed by atoms with Crippen LogP contribution in [0, 0.1) is 0 Å². The van der Waals surface area contributed by atoms with E-state index in [0.717, 1.165) is 18.4 Å². The van der Waals surface area contributed by atoms with E-state index in [4.69, 9.17) is 15.2 Å². The van der Waals surface area contributed by atoms with Crippen molar-refractivity contribution in [1.29, 1.82) is 0 Å². The molecule has 0 aromatic heterocycles. The molecular weight excluding hydrogens is 290 g/mol. The van der Waals surface area contributed by atoms with Crippen molar-refractivity contribution in [2.45, 2.75) is 32.7 Å². The molecule has 0 amide bonds. The minimum Gasteiger partial charge on any atom is -0.490 e. The van der Waals surface area contributed by atoms with E-state index in [1.807, 2.05) is 13.8 Å². The van der Waals surface area contributed by atoms with Crippen LogP contribution in [0.5, 0.6) is 11.5 Å². The molecule has 6 heteroatoms. The van der Waals surface area contributed by atoms with E-state index in [1.165, 1.54) is 6.26 Å². The number of benzene rings is 1. The quantitative estimate of drug-likeness (QED) is 0.756. The molecule has 0 aliphatic carbocycles. The first-order chi connectivity index (χ1) is 9.87. The van der Waals surface area contributed by atoms with E-state index in [-0.39, 0.29) is 5.75 Å². The fourth-order valence-corrected chi connectivity index (χ4v) is 2.68. The summed E-state index contributed by atoms with van der Waals surface area (Å²) in [4.78, 5) is 0. The Morgan fingerprint density at radius 2 is 1.67 bits per heavy atom. The van der Waals surface area contributed by atoms with E-state index < -0.39 is 15.9 Å². The van der Waals surface area contributed by atoms with Crippen molar-refractivity contribution in [2.75, 3.05) is 25.2 Å². The Bertz CT molecular complexity index is 543. The van der Waals surface area contributed by atoms with Crippen molar-refractivity contribution in [3.63, 3.8) is 0 Å². The number of rotatable bonds is 9. The lowest BCUT2D eigenvalue weighted by Gasteiger charge is -2.16. The first-order valence-electron chi connectivity index (χ1n) is 7.20. The van der Waals surface area contributed by atoms with E-state index in [2.05, 4.69) is 0 Å². The largest absolute Gasteiger partial charge is 0.490 e. The molecule has 0 saturated heterocycles. The van der Waals surface area contributed by atoms with Gasteiger partial charge in [-0.1, -0.05) is 19.9 Å². The second kappa shape index (κ2) is 8.24. The van der Waals surface area contributed by atoms with Crippen molar-refractivity contribution in [1.82, 2.24) is 0 Å². The molecule has 0 bridgehead atoms. The number of ether oxygens (including phenoxy) is 2. The monoisotopic (exact) mass is 315 g/mol. The van der Waals surface area contributed by atoms with Gasteiger partial charge in [0.2, 0.25) is 0 Å².